The summed E-state index contributed by atoms with van der Waals surface area (Å²) < 4.78 is 2.76. The Morgan fingerprint density at radius 2 is 2.19 bits per heavy atom. The lowest BCUT2D eigenvalue weighted by Crippen LogP contribution is -2.02. The number of aryl methyl sites for hydroxylation is 1. The number of carbonyl (C=O) groups excluding carboxylic acids is 1. The topological polar surface area (TPSA) is 34.9 Å². The van der Waals surface area contributed by atoms with E-state index in [-0.39, 0.29) is 0 Å². The highest BCUT2D eigenvalue weighted by molar-refractivity contribution is 9.10. The molecule has 0 aliphatic rings. The minimum Gasteiger partial charge on any atom is -0.296 e. The molecule has 3 nitrogen and oxygen atoms in total. The molecule has 82 valence electrons. The molecule has 4 heteroatoms. The average molecular weight is 279 g/mol. The van der Waals surface area contributed by atoms with Gasteiger partial charge < -0.3 is 0 Å². The van der Waals surface area contributed by atoms with Gasteiger partial charge in [-0.1, -0.05) is 19.1 Å². The van der Waals surface area contributed by atoms with Gasteiger partial charge in [0.15, 0.2) is 6.29 Å². The lowest BCUT2D eigenvalue weighted by Gasteiger charge is -2.07. The van der Waals surface area contributed by atoms with Crippen molar-refractivity contribution >= 4 is 22.2 Å². The number of halogens is 1. The van der Waals surface area contributed by atoms with Crippen LogP contribution in [-0.2, 0) is 6.42 Å². The van der Waals surface area contributed by atoms with Crippen LogP contribution in [0.5, 0.6) is 0 Å². The third kappa shape index (κ3) is 1.93. The van der Waals surface area contributed by atoms with Crippen molar-refractivity contribution in [1.29, 1.82) is 0 Å². The summed E-state index contributed by atoms with van der Waals surface area (Å²) >= 11 is 3.48. The smallest absolute Gasteiger partial charge is 0.170 e. The number of aromatic nitrogens is 2. The molecule has 0 fully saturated rings. The highest BCUT2D eigenvalue weighted by Gasteiger charge is 2.09. The summed E-state index contributed by atoms with van der Waals surface area (Å²) in [6.45, 7) is 2.04. The minimum absolute atomic E-state index is 0.465. The van der Waals surface area contributed by atoms with Crippen molar-refractivity contribution in [3.63, 3.8) is 0 Å². The summed E-state index contributed by atoms with van der Waals surface area (Å²) in [6, 6.07) is 9.62. The zero-order chi connectivity index (χ0) is 11.5. The van der Waals surface area contributed by atoms with Crippen molar-refractivity contribution < 1.29 is 4.79 Å². The summed E-state index contributed by atoms with van der Waals surface area (Å²) in [5.74, 6) is 0. The van der Waals surface area contributed by atoms with E-state index < -0.39 is 0 Å². The first-order valence-corrected chi connectivity index (χ1v) is 5.84. The van der Waals surface area contributed by atoms with E-state index in [1.807, 2.05) is 37.3 Å². The summed E-state index contributed by atoms with van der Waals surface area (Å²) in [6.07, 6.45) is 1.61. The molecule has 0 radical (unpaired) electrons. The summed E-state index contributed by atoms with van der Waals surface area (Å²) in [4.78, 5) is 10.7. The second-order valence-corrected chi connectivity index (χ2v) is 4.25. The van der Waals surface area contributed by atoms with Gasteiger partial charge in [-0.25, -0.2) is 4.68 Å². The zero-order valence-corrected chi connectivity index (χ0v) is 10.4. The van der Waals surface area contributed by atoms with Gasteiger partial charge in [-0.2, -0.15) is 5.10 Å². The number of rotatable bonds is 3. The Balaban J connectivity index is 2.59. The van der Waals surface area contributed by atoms with Crippen molar-refractivity contribution in [2.45, 2.75) is 13.3 Å². The van der Waals surface area contributed by atoms with E-state index in [9.17, 15) is 4.79 Å². The highest BCUT2D eigenvalue weighted by atomic mass is 79.9. The molecule has 0 aliphatic carbocycles. The maximum Gasteiger partial charge on any atom is 0.170 e. The average Bonchev–Trinajstić information content (AvgIpc) is 2.72. The van der Waals surface area contributed by atoms with Crippen molar-refractivity contribution in [1.82, 2.24) is 9.78 Å². The van der Waals surface area contributed by atoms with E-state index in [4.69, 9.17) is 0 Å². The van der Waals surface area contributed by atoms with Crippen molar-refractivity contribution in [2.75, 3.05) is 0 Å². The first-order valence-electron chi connectivity index (χ1n) is 5.05. The van der Waals surface area contributed by atoms with Crippen LogP contribution in [0, 0.1) is 0 Å². The Hall–Kier alpha value is -1.42. The van der Waals surface area contributed by atoms with Gasteiger partial charge in [0, 0.05) is 10.2 Å². The van der Waals surface area contributed by atoms with Gasteiger partial charge in [0.1, 0.15) is 5.69 Å². The van der Waals surface area contributed by atoms with Crippen molar-refractivity contribution in [2.24, 2.45) is 0 Å². The predicted octanol–water partition coefficient (Wildman–Crippen LogP) is 3.01. The number of hydrogen-bond acceptors (Lipinski definition) is 2. The molecule has 0 saturated carbocycles. The Morgan fingerprint density at radius 3 is 2.81 bits per heavy atom. The van der Waals surface area contributed by atoms with E-state index in [1.54, 1.807) is 4.68 Å². The van der Waals surface area contributed by atoms with Gasteiger partial charge in [0.25, 0.3) is 0 Å². The molecule has 1 aromatic heterocycles. The van der Waals surface area contributed by atoms with Crippen LogP contribution >= 0.6 is 15.9 Å². The molecule has 1 aromatic carbocycles. The van der Waals surface area contributed by atoms with E-state index >= 15 is 0 Å². The molecule has 0 amide bonds. The minimum atomic E-state index is 0.465. The molecular weight excluding hydrogens is 268 g/mol. The number of nitrogens with zero attached hydrogens (tertiary/aromatic N) is 2. The fraction of sp³-hybridized carbons (Fsp3) is 0.167. The predicted molar refractivity (Wildman–Crippen MR) is 66.0 cm³/mol. The van der Waals surface area contributed by atoms with E-state index in [1.165, 1.54) is 0 Å². The number of carbonyl (C=O) groups is 1. The van der Waals surface area contributed by atoms with Gasteiger partial charge >= 0.3 is 0 Å². The maximum atomic E-state index is 10.7. The monoisotopic (exact) mass is 278 g/mol. The largest absolute Gasteiger partial charge is 0.296 e. The van der Waals surface area contributed by atoms with Crippen LogP contribution in [-0.4, -0.2) is 16.1 Å². The van der Waals surface area contributed by atoms with E-state index in [2.05, 4.69) is 21.0 Å². The van der Waals surface area contributed by atoms with Crippen LogP contribution in [0.4, 0.5) is 0 Å². The summed E-state index contributed by atoms with van der Waals surface area (Å²) in [5, 5.41) is 4.25. The van der Waals surface area contributed by atoms with E-state index in [0.717, 1.165) is 28.6 Å². The number of hydrogen-bond donors (Lipinski definition) is 0. The second-order valence-electron chi connectivity index (χ2n) is 3.40. The molecule has 16 heavy (non-hydrogen) atoms. The lowest BCUT2D eigenvalue weighted by molar-refractivity contribution is 0.111. The Bertz CT molecular complexity index is 519. The van der Waals surface area contributed by atoms with Crippen molar-refractivity contribution in [3.05, 3.63) is 46.2 Å². The fourth-order valence-electron chi connectivity index (χ4n) is 1.58. The maximum absolute atomic E-state index is 10.7. The third-order valence-electron chi connectivity index (χ3n) is 2.37. The fourth-order valence-corrected chi connectivity index (χ4v) is 2.03. The van der Waals surface area contributed by atoms with Crippen LogP contribution < -0.4 is 0 Å². The molecule has 2 aromatic rings. The van der Waals surface area contributed by atoms with Crippen molar-refractivity contribution in [3.8, 4) is 5.69 Å². The molecule has 0 atom stereocenters. The van der Waals surface area contributed by atoms with Crippen LogP contribution in [0.2, 0.25) is 0 Å². The molecule has 0 saturated heterocycles. The Kier molecular flexibility index (Phi) is 3.19. The van der Waals surface area contributed by atoms with Crippen LogP contribution in [0.3, 0.4) is 0 Å². The van der Waals surface area contributed by atoms with Gasteiger partial charge in [0.05, 0.1) is 5.69 Å². The third-order valence-corrected chi connectivity index (χ3v) is 3.04. The van der Waals surface area contributed by atoms with Gasteiger partial charge in [-0.05, 0) is 40.5 Å². The SMILES string of the molecule is CCc1cc(C=O)nn1-c1ccccc1Br. The quantitative estimate of drug-likeness (QED) is 0.809. The first-order chi connectivity index (χ1) is 7.76. The number of aldehydes is 1. The van der Waals surface area contributed by atoms with Gasteiger partial charge in [-0.3, -0.25) is 4.79 Å². The second kappa shape index (κ2) is 4.61. The van der Waals surface area contributed by atoms with Gasteiger partial charge in [0.2, 0.25) is 0 Å². The Morgan fingerprint density at radius 1 is 1.44 bits per heavy atom. The summed E-state index contributed by atoms with van der Waals surface area (Å²) in [5.41, 5.74) is 2.44. The molecule has 0 spiro atoms. The molecule has 2 rings (SSSR count). The normalized spacial score (nSPS) is 10.4. The van der Waals surface area contributed by atoms with Crippen LogP contribution in [0.15, 0.2) is 34.8 Å². The standard InChI is InChI=1S/C12H11BrN2O/c1-2-10-7-9(8-16)14-15(10)12-6-4-3-5-11(12)13/h3-8H,2H2,1H3. The van der Waals surface area contributed by atoms with Gasteiger partial charge in [-0.15, -0.1) is 0 Å². The molecule has 0 aliphatic heterocycles. The van der Waals surface area contributed by atoms with E-state index in [0.29, 0.717) is 5.69 Å². The molecule has 0 bridgehead atoms. The Labute approximate surface area is 102 Å². The highest BCUT2D eigenvalue weighted by Crippen LogP contribution is 2.22. The first kappa shape index (κ1) is 11.1. The number of benzene rings is 1. The lowest BCUT2D eigenvalue weighted by atomic mass is 10.3. The molecule has 0 unspecified atom stereocenters. The van der Waals surface area contributed by atoms with Crippen LogP contribution in [0.1, 0.15) is 23.1 Å². The summed E-state index contributed by atoms with van der Waals surface area (Å²) in [7, 11) is 0. The number of para-hydroxylation sites is 1. The zero-order valence-electron chi connectivity index (χ0n) is 8.85. The van der Waals surface area contributed by atoms with Crippen LogP contribution in [0.25, 0.3) is 5.69 Å². The molecular formula is C12H11BrN2O. The molecule has 1 heterocycles. The molecule has 0 N–H and O–H groups in total.